The van der Waals surface area contributed by atoms with Crippen molar-refractivity contribution < 1.29 is 13.3 Å². The second-order valence-corrected chi connectivity index (χ2v) is 13.9. The molecule has 4 heterocycles. The van der Waals surface area contributed by atoms with Crippen LogP contribution in [0.25, 0.3) is 93.9 Å². The molecule has 0 fully saturated rings. The minimum atomic E-state index is 0.581. The first kappa shape index (κ1) is 29.9. The highest BCUT2D eigenvalue weighted by Crippen LogP contribution is 2.46. The molecular formula is C49H29N3O3. The van der Waals surface area contributed by atoms with Crippen LogP contribution < -0.4 is 4.90 Å². The fourth-order valence-electron chi connectivity index (χ4n) is 8.37. The van der Waals surface area contributed by atoms with E-state index in [9.17, 15) is 0 Å². The molecule has 12 rings (SSSR count). The van der Waals surface area contributed by atoms with Crippen LogP contribution in [0.1, 0.15) is 0 Å². The van der Waals surface area contributed by atoms with Crippen LogP contribution in [0.5, 0.6) is 0 Å². The summed E-state index contributed by atoms with van der Waals surface area (Å²) in [5, 5.41) is 6.35. The van der Waals surface area contributed by atoms with E-state index < -0.39 is 0 Å². The van der Waals surface area contributed by atoms with Crippen molar-refractivity contribution >= 4 is 93.8 Å². The van der Waals surface area contributed by atoms with E-state index in [1.807, 2.05) is 54.6 Å². The van der Waals surface area contributed by atoms with Gasteiger partial charge in [-0.1, -0.05) is 84.9 Å². The molecule has 0 saturated heterocycles. The van der Waals surface area contributed by atoms with Crippen LogP contribution in [0, 0.1) is 0 Å². The Morgan fingerprint density at radius 3 is 2.04 bits per heavy atom. The van der Waals surface area contributed by atoms with Gasteiger partial charge in [0.15, 0.2) is 11.2 Å². The third-order valence-electron chi connectivity index (χ3n) is 10.8. The molecule has 0 N–H and O–H groups in total. The van der Waals surface area contributed by atoms with E-state index in [1.54, 1.807) is 0 Å². The van der Waals surface area contributed by atoms with Crippen molar-refractivity contribution in [1.82, 2.24) is 9.55 Å². The maximum atomic E-state index is 6.83. The fourth-order valence-corrected chi connectivity index (χ4v) is 8.37. The summed E-state index contributed by atoms with van der Waals surface area (Å²) in [6.45, 7) is 0. The van der Waals surface area contributed by atoms with E-state index in [-0.39, 0.29) is 0 Å². The highest BCUT2D eigenvalue weighted by molar-refractivity contribution is 6.19. The number of oxazole rings is 1. The van der Waals surface area contributed by atoms with Gasteiger partial charge in [0, 0.05) is 49.9 Å². The molecule has 8 aromatic carbocycles. The Kier molecular flexibility index (Phi) is 6.24. The first-order chi connectivity index (χ1) is 27.3. The molecule has 55 heavy (non-hydrogen) atoms. The molecule has 4 aromatic heterocycles. The van der Waals surface area contributed by atoms with Crippen LogP contribution in [-0.2, 0) is 0 Å². The smallest absolute Gasteiger partial charge is 0.227 e. The molecule has 6 nitrogen and oxygen atoms in total. The van der Waals surface area contributed by atoms with Crippen molar-refractivity contribution in [3.05, 3.63) is 176 Å². The average Bonchev–Trinajstić information content (AvgIpc) is 4.02. The van der Waals surface area contributed by atoms with Gasteiger partial charge in [-0.25, -0.2) is 4.98 Å². The third-order valence-corrected chi connectivity index (χ3v) is 10.8. The van der Waals surface area contributed by atoms with E-state index in [0.29, 0.717) is 11.5 Å². The van der Waals surface area contributed by atoms with E-state index in [1.165, 1.54) is 5.39 Å². The fraction of sp³-hybridized carbons (Fsp3) is 0. The number of para-hydroxylation sites is 4. The van der Waals surface area contributed by atoms with Gasteiger partial charge in [0.1, 0.15) is 22.3 Å². The number of anilines is 3. The zero-order valence-corrected chi connectivity index (χ0v) is 29.3. The summed E-state index contributed by atoms with van der Waals surface area (Å²) in [5.74, 6) is 0.581. The highest BCUT2D eigenvalue weighted by atomic mass is 16.4. The van der Waals surface area contributed by atoms with Gasteiger partial charge in [0.25, 0.3) is 0 Å². The summed E-state index contributed by atoms with van der Waals surface area (Å²) in [7, 11) is 0. The summed E-state index contributed by atoms with van der Waals surface area (Å²) in [6, 6.07) is 60.8. The van der Waals surface area contributed by atoms with Gasteiger partial charge in [-0.3, -0.25) is 0 Å². The Morgan fingerprint density at radius 1 is 0.436 bits per heavy atom. The number of rotatable bonds is 5. The van der Waals surface area contributed by atoms with Crippen LogP contribution in [0.2, 0.25) is 0 Å². The summed E-state index contributed by atoms with van der Waals surface area (Å²) in [4.78, 5) is 7.14. The van der Waals surface area contributed by atoms with Crippen LogP contribution in [0.3, 0.4) is 0 Å². The molecule has 258 valence electrons. The Morgan fingerprint density at radius 2 is 1.15 bits per heavy atom. The average molecular weight is 708 g/mol. The predicted octanol–water partition coefficient (Wildman–Crippen LogP) is 13.9. The topological polar surface area (TPSA) is 60.5 Å². The van der Waals surface area contributed by atoms with Crippen molar-refractivity contribution in [2.45, 2.75) is 0 Å². The molecule has 6 heteroatoms. The number of furan rings is 2. The minimum Gasteiger partial charge on any atom is -0.456 e. The molecule has 0 aliphatic carbocycles. The Bertz CT molecular complexity index is 3440. The maximum Gasteiger partial charge on any atom is 0.227 e. The zero-order chi connectivity index (χ0) is 36.0. The lowest BCUT2D eigenvalue weighted by Gasteiger charge is -2.25. The largest absolute Gasteiger partial charge is 0.456 e. The molecule has 0 radical (unpaired) electrons. The van der Waals surface area contributed by atoms with Crippen molar-refractivity contribution in [2.75, 3.05) is 4.90 Å². The summed E-state index contributed by atoms with van der Waals surface area (Å²) >= 11 is 0. The molecule has 0 atom stereocenters. The molecule has 12 aromatic rings. The quantitative estimate of drug-likeness (QED) is 0.178. The molecule has 0 aliphatic heterocycles. The molecule has 0 saturated carbocycles. The lowest BCUT2D eigenvalue weighted by atomic mass is 10.1. The molecule has 0 amide bonds. The number of nitrogens with zero attached hydrogens (tertiary/aromatic N) is 3. The lowest BCUT2D eigenvalue weighted by Crippen LogP contribution is -2.10. The van der Waals surface area contributed by atoms with Gasteiger partial charge in [-0.05, 0) is 84.9 Å². The van der Waals surface area contributed by atoms with E-state index >= 15 is 0 Å². The van der Waals surface area contributed by atoms with Gasteiger partial charge in [-0.15, -0.1) is 0 Å². The molecule has 0 unspecified atom stereocenters. The van der Waals surface area contributed by atoms with E-state index in [2.05, 4.69) is 131 Å². The normalized spacial score (nSPS) is 12.0. The number of aromatic nitrogens is 2. The SMILES string of the molecule is c1ccc(-c2nc3ccc4oc5c(N(c6ccc7c(c6)oc6ccccc67)c6ccc7c(c6)c6ccccc6n7-c6ccccc6)cccc5c4c3o2)cc1. The maximum absolute atomic E-state index is 6.83. The number of hydrogen-bond acceptors (Lipinski definition) is 5. The van der Waals surface area contributed by atoms with Crippen LogP contribution in [0.4, 0.5) is 17.1 Å². The third kappa shape index (κ3) is 4.46. The van der Waals surface area contributed by atoms with Gasteiger partial charge in [0.2, 0.25) is 5.89 Å². The number of fused-ring (bicyclic) bond motifs is 11. The van der Waals surface area contributed by atoms with Crippen molar-refractivity contribution in [1.29, 1.82) is 0 Å². The predicted molar refractivity (Wildman–Crippen MR) is 223 cm³/mol. The molecule has 0 bridgehead atoms. The second-order valence-electron chi connectivity index (χ2n) is 13.9. The number of benzene rings is 8. The Labute approximate surface area is 313 Å². The number of hydrogen-bond donors (Lipinski definition) is 0. The second kappa shape index (κ2) is 11.5. The van der Waals surface area contributed by atoms with E-state index in [4.69, 9.17) is 18.2 Å². The van der Waals surface area contributed by atoms with Crippen molar-refractivity contribution in [2.24, 2.45) is 0 Å². The Balaban J connectivity index is 1.12. The van der Waals surface area contributed by atoms with Crippen LogP contribution in [0.15, 0.2) is 189 Å². The zero-order valence-electron chi connectivity index (χ0n) is 29.3. The minimum absolute atomic E-state index is 0.581. The summed E-state index contributed by atoms with van der Waals surface area (Å²) in [6.07, 6.45) is 0. The summed E-state index contributed by atoms with van der Waals surface area (Å²) < 4.78 is 22.1. The first-order valence-electron chi connectivity index (χ1n) is 18.4. The Hall–Kier alpha value is -7.57. The van der Waals surface area contributed by atoms with Crippen LogP contribution in [-0.4, -0.2) is 9.55 Å². The van der Waals surface area contributed by atoms with Gasteiger partial charge >= 0.3 is 0 Å². The van der Waals surface area contributed by atoms with Gasteiger partial charge < -0.3 is 22.7 Å². The highest BCUT2D eigenvalue weighted by Gasteiger charge is 2.24. The van der Waals surface area contributed by atoms with E-state index in [0.717, 1.165) is 94.1 Å². The summed E-state index contributed by atoms with van der Waals surface area (Å²) in [5.41, 5.74) is 11.8. The van der Waals surface area contributed by atoms with Gasteiger partial charge in [-0.2, -0.15) is 0 Å². The lowest BCUT2D eigenvalue weighted by molar-refractivity contribution is 0.622. The molecule has 0 aliphatic rings. The standard InChI is InChI=1S/C49H29N3O3/c1-3-12-30(13-4-1)49-50-39-25-27-44-46(48(39)55-49)37-18-11-20-42(47(37)54-44)51(33-22-24-36-35-17-8-10-21-43(35)53-45(36)29-33)32-23-26-41-38(28-32)34-16-7-9-19-40(34)52(41)31-14-5-2-6-15-31/h1-29H. The monoisotopic (exact) mass is 707 g/mol. The molecular weight excluding hydrogens is 679 g/mol. The van der Waals surface area contributed by atoms with Crippen molar-refractivity contribution in [3.63, 3.8) is 0 Å². The first-order valence-corrected chi connectivity index (χ1v) is 18.4. The van der Waals surface area contributed by atoms with Crippen LogP contribution >= 0.6 is 0 Å². The van der Waals surface area contributed by atoms with Gasteiger partial charge in [0.05, 0.1) is 27.8 Å². The van der Waals surface area contributed by atoms with Crippen molar-refractivity contribution in [3.8, 4) is 17.1 Å². The molecule has 0 spiro atoms.